The maximum Gasteiger partial charge on any atom is 0.200 e. The van der Waals surface area contributed by atoms with Crippen molar-refractivity contribution in [2.45, 2.75) is 6.92 Å². The molecule has 1 aromatic rings. The Morgan fingerprint density at radius 2 is 2.13 bits per heavy atom. The molecule has 0 spiro atoms. The van der Waals surface area contributed by atoms with Gasteiger partial charge in [-0.3, -0.25) is 0 Å². The van der Waals surface area contributed by atoms with E-state index in [0.29, 0.717) is 11.1 Å². The lowest BCUT2D eigenvalue weighted by Gasteiger charge is -2.07. The van der Waals surface area contributed by atoms with E-state index >= 15 is 0 Å². The summed E-state index contributed by atoms with van der Waals surface area (Å²) >= 11 is 4.77. The molecule has 0 unspecified atom stereocenters. The summed E-state index contributed by atoms with van der Waals surface area (Å²) in [5.74, 6) is -0.122. The smallest absolute Gasteiger partial charge is 0.200 e. The van der Waals surface area contributed by atoms with E-state index in [1.165, 1.54) is 6.07 Å². The van der Waals surface area contributed by atoms with Crippen LogP contribution in [0.4, 0.5) is 8.78 Å². The largest absolute Gasteiger partial charge is 0.489 e. The highest BCUT2D eigenvalue weighted by atomic mass is 79.9. The third-order valence-corrected chi connectivity index (χ3v) is 2.97. The maximum absolute atomic E-state index is 13.2. The van der Waals surface area contributed by atoms with Crippen molar-refractivity contribution in [3.63, 3.8) is 0 Å². The van der Waals surface area contributed by atoms with Crippen molar-refractivity contribution >= 4 is 27.7 Å². The van der Waals surface area contributed by atoms with Gasteiger partial charge in [-0.1, -0.05) is 22.9 Å². The minimum Gasteiger partial charge on any atom is -0.489 e. The molecular weight excluding hydrogens is 286 g/mol. The first-order valence-electron chi connectivity index (χ1n) is 4.50. The molecule has 0 amide bonds. The predicted molar refractivity (Wildman–Crippen MR) is 62.6 cm³/mol. The quantitative estimate of drug-likeness (QED) is 0.603. The van der Waals surface area contributed by atoms with E-state index in [4.69, 9.17) is 4.74 Å². The van der Waals surface area contributed by atoms with Crippen LogP contribution in [0.25, 0.3) is 0 Å². The molecule has 1 rings (SSSR count). The van der Waals surface area contributed by atoms with Crippen molar-refractivity contribution in [2.24, 2.45) is 0 Å². The van der Waals surface area contributed by atoms with Gasteiger partial charge in [-0.05, 0) is 17.9 Å². The Labute approximate surface area is 100 Å². The van der Waals surface area contributed by atoms with Crippen LogP contribution in [-0.2, 0) is 0 Å². The van der Waals surface area contributed by atoms with Crippen LogP contribution in [0.5, 0.6) is 5.75 Å². The summed E-state index contributed by atoms with van der Waals surface area (Å²) in [5.41, 5.74) is 0. The van der Waals surface area contributed by atoms with E-state index in [1.54, 1.807) is 11.8 Å². The SMILES string of the molecule is CCSCCOc1cc(Br)cc(F)c1F. The zero-order valence-electron chi connectivity index (χ0n) is 8.23. The van der Waals surface area contributed by atoms with Gasteiger partial charge < -0.3 is 4.74 Å². The Kier molecular flexibility index (Phi) is 5.39. The second-order valence-electron chi connectivity index (χ2n) is 2.75. The average Bonchev–Trinajstić information content (AvgIpc) is 2.19. The lowest BCUT2D eigenvalue weighted by atomic mass is 10.3. The summed E-state index contributed by atoms with van der Waals surface area (Å²) in [4.78, 5) is 0. The van der Waals surface area contributed by atoms with Gasteiger partial charge in [0.1, 0.15) is 0 Å². The molecular formula is C10H11BrF2OS. The molecule has 0 aliphatic rings. The van der Waals surface area contributed by atoms with Crippen molar-refractivity contribution < 1.29 is 13.5 Å². The van der Waals surface area contributed by atoms with Crippen LogP contribution in [-0.4, -0.2) is 18.1 Å². The average molecular weight is 297 g/mol. The van der Waals surface area contributed by atoms with Crippen LogP contribution in [0.15, 0.2) is 16.6 Å². The molecule has 5 heteroatoms. The van der Waals surface area contributed by atoms with Crippen LogP contribution in [0.3, 0.4) is 0 Å². The first kappa shape index (κ1) is 12.8. The van der Waals surface area contributed by atoms with Gasteiger partial charge in [0.25, 0.3) is 0 Å². The highest BCUT2D eigenvalue weighted by molar-refractivity contribution is 9.10. The van der Waals surface area contributed by atoms with E-state index < -0.39 is 11.6 Å². The molecule has 0 saturated carbocycles. The highest BCUT2D eigenvalue weighted by Crippen LogP contribution is 2.25. The third-order valence-electron chi connectivity index (χ3n) is 1.65. The van der Waals surface area contributed by atoms with Gasteiger partial charge >= 0.3 is 0 Å². The first-order valence-corrected chi connectivity index (χ1v) is 6.45. The minimum atomic E-state index is -0.931. The summed E-state index contributed by atoms with van der Waals surface area (Å²) in [7, 11) is 0. The minimum absolute atomic E-state index is 0.0430. The molecule has 0 atom stereocenters. The van der Waals surface area contributed by atoms with Crippen LogP contribution >= 0.6 is 27.7 Å². The van der Waals surface area contributed by atoms with Crippen molar-refractivity contribution in [2.75, 3.05) is 18.1 Å². The van der Waals surface area contributed by atoms with Crippen molar-refractivity contribution in [1.29, 1.82) is 0 Å². The fraction of sp³-hybridized carbons (Fsp3) is 0.400. The molecule has 0 heterocycles. The molecule has 0 radical (unpaired) electrons. The molecule has 1 aromatic carbocycles. The molecule has 0 aliphatic heterocycles. The Hall–Kier alpha value is -0.290. The molecule has 0 fully saturated rings. The molecule has 0 N–H and O–H groups in total. The zero-order valence-corrected chi connectivity index (χ0v) is 10.6. The number of benzene rings is 1. The monoisotopic (exact) mass is 296 g/mol. The van der Waals surface area contributed by atoms with Crippen molar-refractivity contribution in [1.82, 2.24) is 0 Å². The number of hydrogen-bond donors (Lipinski definition) is 0. The van der Waals surface area contributed by atoms with E-state index in [9.17, 15) is 8.78 Å². The normalized spacial score (nSPS) is 10.4. The first-order chi connectivity index (χ1) is 7.15. The number of hydrogen-bond acceptors (Lipinski definition) is 2. The Morgan fingerprint density at radius 1 is 1.40 bits per heavy atom. The fourth-order valence-corrected chi connectivity index (χ4v) is 1.89. The third kappa shape index (κ3) is 3.99. The van der Waals surface area contributed by atoms with E-state index in [1.807, 2.05) is 6.92 Å². The number of rotatable bonds is 5. The van der Waals surface area contributed by atoms with Gasteiger partial charge in [0, 0.05) is 10.2 Å². The van der Waals surface area contributed by atoms with Crippen LogP contribution < -0.4 is 4.74 Å². The molecule has 0 aliphatic carbocycles. The van der Waals surface area contributed by atoms with Crippen molar-refractivity contribution in [3.05, 3.63) is 28.2 Å². The van der Waals surface area contributed by atoms with E-state index in [0.717, 1.165) is 17.6 Å². The van der Waals surface area contributed by atoms with Crippen molar-refractivity contribution in [3.8, 4) is 5.75 Å². The molecule has 0 saturated heterocycles. The molecule has 0 bridgehead atoms. The Bertz CT molecular complexity index is 333. The second-order valence-corrected chi connectivity index (χ2v) is 5.05. The zero-order chi connectivity index (χ0) is 11.3. The Morgan fingerprint density at radius 3 is 2.80 bits per heavy atom. The van der Waals surface area contributed by atoms with Crippen LogP contribution in [0.1, 0.15) is 6.92 Å². The van der Waals surface area contributed by atoms with E-state index in [-0.39, 0.29) is 5.75 Å². The molecule has 84 valence electrons. The predicted octanol–water partition coefficient (Wildman–Crippen LogP) is 3.86. The van der Waals surface area contributed by atoms with Gasteiger partial charge in [-0.15, -0.1) is 0 Å². The number of halogens is 3. The molecule has 1 nitrogen and oxygen atoms in total. The standard InChI is InChI=1S/C10H11BrF2OS/c1-2-15-4-3-14-9-6-7(11)5-8(12)10(9)13/h5-6H,2-4H2,1H3. The van der Waals surface area contributed by atoms with Gasteiger partial charge in [-0.25, -0.2) is 4.39 Å². The Balaban J connectivity index is 2.60. The van der Waals surface area contributed by atoms with Gasteiger partial charge in [0.2, 0.25) is 5.82 Å². The highest BCUT2D eigenvalue weighted by Gasteiger charge is 2.10. The number of thioether (sulfide) groups is 1. The van der Waals surface area contributed by atoms with Crippen LogP contribution in [0.2, 0.25) is 0 Å². The summed E-state index contributed by atoms with van der Waals surface area (Å²) in [6, 6.07) is 2.50. The molecule has 15 heavy (non-hydrogen) atoms. The lowest BCUT2D eigenvalue weighted by Crippen LogP contribution is -2.03. The van der Waals surface area contributed by atoms with Crippen LogP contribution in [0, 0.1) is 11.6 Å². The topological polar surface area (TPSA) is 9.23 Å². The maximum atomic E-state index is 13.2. The summed E-state index contributed by atoms with van der Waals surface area (Å²) in [6.07, 6.45) is 0. The van der Waals surface area contributed by atoms with Gasteiger partial charge in [-0.2, -0.15) is 16.2 Å². The summed E-state index contributed by atoms with van der Waals surface area (Å²) < 4.78 is 31.7. The fourth-order valence-electron chi connectivity index (χ4n) is 0.992. The van der Waals surface area contributed by atoms with Gasteiger partial charge in [0.05, 0.1) is 6.61 Å². The lowest BCUT2D eigenvalue weighted by molar-refractivity contribution is 0.317. The van der Waals surface area contributed by atoms with E-state index in [2.05, 4.69) is 15.9 Å². The molecule has 0 aromatic heterocycles. The second kappa shape index (κ2) is 6.33. The summed E-state index contributed by atoms with van der Waals surface area (Å²) in [5, 5.41) is 0. The summed E-state index contributed by atoms with van der Waals surface area (Å²) in [6.45, 7) is 2.41. The number of ether oxygens (including phenoxy) is 1. The van der Waals surface area contributed by atoms with Gasteiger partial charge in [0.15, 0.2) is 11.6 Å².